The lowest BCUT2D eigenvalue weighted by atomic mass is 10.3. The Hall–Kier alpha value is -0.600. The summed E-state index contributed by atoms with van der Waals surface area (Å²) in [5.41, 5.74) is 0.970. The fourth-order valence-corrected chi connectivity index (χ4v) is 5.29. The molecule has 5 nitrogen and oxygen atoms in total. The number of ether oxygens (including phenoxy) is 1. The number of thiophene rings is 1. The monoisotopic (exact) mass is 370 g/mol. The van der Waals surface area contributed by atoms with Crippen LogP contribution in [0.5, 0.6) is 0 Å². The van der Waals surface area contributed by atoms with E-state index >= 15 is 0 Å². The lowest BCUT2D eigenvalue weighted by Crippen LogP contribution is -2.36. The minimum Gasteiger partial charge on any atom is -0.378 e. The van der Waals surface area contributed by atoms with E-state index in [2.05, 4.69) is 25.8 Å². The van der Waals surface area contributed by atoms with Crippen LogP contribution in [-0.2, 0) is 11.3 Å². The zero-order valence-electron chi connectivity index (χ0n) is 12.8. The molecule has 2 aliphatic heterocycles. The van der Waals surface area contributed by atoms with Crippen molar-refractivity contribution in [3.8, 4) is 0 Å². The average molecular weight is 371 g/mol. The van der Waals surface area contributed by atoms with Gasteiger partial charge in [0.25, 0.3) is 0 Å². The molecule has 4 heterocycles. The number of aromatic nitrogens is 2. The molecule has 0 unspecified atom stereocenters. The van der Waals surface area contributed by atoms with Gasteiger partial charge in [-0.25, -0.2) is 4.98 Å². The molecule has 4 rings (SSSR count). The summed E-state index contributed by atoms with van der Waals surface area (Å²) in [6, 6.07) is 2.18. The van der Waals surface area contributed by atoms with Crippen molar-refractivity contribution in [2.45, 2.75) is 6.54 Å². The molecule has 0 bridgehead atoms. The fourth-order valence-electron chi connectivity index (χ4n) is 2.98. The Labute approximate surface area is 149 Å². The lowest BCUT2D eigenvalue weighted by Gasteiger charge is -2.28. The van der Waals surface area contributed by atoms with Crippen LogP contribution in [0.3, 0.4) is 0 Å². The summed E-state index contributed by atoms with van der Waals surface area (Å²) in [6.45, 7) is 6.54. The van der Waals surface area contributed by atoms with E-state index in [-0.39, 0.29) is 0 Å². The molecule has 0 atom stereocenters. The Morgan fingerprint density at radius 2 is 1.91 bits per heavy atom. The minimum absolute atomic E-state index is 0.331. The normalized spacial score (nSPS) is 20.3. The predicted molar refractivity (Wildman–Crippen MR) is 98.1 cm³/mol. The van der Waals surface area contributed by atoms with Gasteiger partial charge in [0.2, 0.25) is 5.28 Å². The predicted octanol–water partition coefficient (Wildman–Crippen LogP) is 2.73. The summed E-state index contributed by atoms with van der Waals surface area (Å²) in [4.78, 5) is 15.1. The molecular formula is C15H19ClN4OS2. The topological polar surface area (TPSA) is 41.5 Å². The Bertz CT molecular complexity index is 683. The van der Waals surface area contributed by atoms with Crippen LogP contribution in [0.25, 0.3) is 10.2 Å². The van der Waals surface area contributed by atoms with Crippen LogP contribution in [0, 0.1) is 0 Å². The Balaban J connectivity index is 1.63. The van der Waals surface area contributed by atoms with E-state index in [4.69, 9.17) is 16.3 Å². The Kier molecular flexibility index (Phi) is 4.91. The van der Waals surface area contributed by atoms with E-state index < -0.39 is 0 Å². The number of nitrogens with zero attached hydrogens (tertiary/aromatic N) is 4. The summed E-state index contributed by atoms with van der Waals surface area (Å²) in [5, 5.41) is 0.331. The third-order valence-corrected chi connectivity index (χ3v) is 6.39. The second-order valence-electron chi connectivity index (χ2n) is 5.73. The third-order valence-electron chi connectivity index (χ3n) is 4.17. The highest BCUT2D eigenvalue weighted by Crippen LogP contribution is 2.34. The number of thioether (sulfide) groups is 1. The molecule has 2 aromatic heterocycles. The van der Waals surface area contributed by atoms with Crippen molar-refractivity contribution in [1.82, 2.24) is 14.9 Å². The van der Waals surface area contributed by atoms with E-state index in [0.29, 0.717) is 5.28 Å². The molecule has 0 aliphatic carbocycles. The van der Waals surface area contributed by atoms with Crippen molar-refractivity contribution >= 4 is 50.7 Å². The van der Waals surface area contributed by atoms with Crippen LogP contribution in [0.4, 0.5) is 5.82 Å². The maximum Gasteiger partial charge on any atom is 0.224 e. The summed E-state index contributed by atoms with van der Waals surface area (Å²) >= 11 is 10.0. The van der Waals surface area contributed by atoms with Gasteiger partial charge in [-0.05, 0) is 17.7 Å². The molecule has 2 aliphatic rings. The van der Waals surface area contributed by atoms with Gasteiger partial charge >= 0.3 is 0 Å². The standard InChI is InChI=1S/C15H19ClN4OS2/c16-15-17-12-9-11(10-19-3-7-22-8-4-19)23-13(12)14(18-15)20-1-5-21-6-2-20/h9H,1-8,10H2. The molecule has 8 heteroatoms. The summed E-state index contributed by atoms with van der Waals surface area (Å²) in [6.07, 6.45) is 0. The summed E-state index contributed by atoms with van der Waals surface area (Å²) in [5.74, 6) is 3.43. The van der Waals surface area contributed by atoms with Gasteiger partial charge in [0.1, 0.15) is 0 Å². The number of halogens is 1. The molecule has 0 aromatic carbocycles. The highest BCUT2D eigenvalue weighted by molar-refractivity contribution is 7.99. The van der Waals surface area contributed by atoms with Crippen molar-refractivity contribution in [2.24, 2.45) is 0 Å². The van der Waals surface area contributed by atoms with Crippen LogP contribution < -0.4 is 4.90 Å². The highest BCUT2D eigenvalue weighted by Gasteiger charge is 2.20. The molecule has 0 spiro atoms. The second-order valence-corrected chi connectivity index (χ2v) is 8.43. The number of hydrogen-bond donors (Lipinski definition) is 0. The SMILES string of the molecule is Clc1nc(N2CCOCC2)c2sc(CN3CCSCC3)cc2n1. The molecule has 2 saturated heterocycles. The molecule has 0 saturated carbocycles. The number of fused-ring (bicyclic) bond motifs is 1. The molecular weight excluding hydrogens is 352 g/mol. The Morgan fingerprint density at radius 3 is 2.70 bits per heavy atom. The highest BCUT2D eigenvalue weighted by atomic mass is 35.5. The maximum atomic E-state index is 6.16. The fraction of sp³-hybridized carbons (Fsp3) is 0.600. The van der Waals surface area contributed by atoms with Gasteiger partial charge in [-0.15, -0.1) is 11.3 Å². The molecule has 0 amide bonds. The second kappa shape index (κ2) is 7.11. The van der Waals surface area contributed by atoms with Gasteiger partial charge in [-0.1, -0.05) is 0 Å². The zero-order chi connectivity index (χ0) is 15.6. The Morgan fingerprint density at radius 1 is 1.13 bits per heavy atom. The first-order valence-corrected chi connectivity index (χ1v) is 10.2. The number of morpholine rings is 1. The van der Waals surface area contributed by atoms with Crippen LogP contribution >= 0.6 is 34.7 Å². The quantitative estimate of drug-likeness (QED) is 0.774. The van der Waals surface area contributed by atoms with Gasteiger partial charge in [-0.2, -0.15) is 16.7 Å². The van der Waals surface area contributed by atoms with Crippen molar-refractivity contribution in [2.75, 3.05) is 55.8 Å². The van der Waals surface area contributed by atoms with Crippen molar-refractivity contribution in [3.05, 3.63) is 16.2 Å². The number of anilines is 1. The van der Waals surface area contributed by atoms with Crippen LogP contribution in [0.2, 0.25) is 5.28 Å². The van der Waals surface area contributed by atoms with Crippen molar-refractivity contribution < 1.29 is 4.74 Å². The van der Waals surface area contributed by atoms with Crippen molar-refractivity contribution in [1.29, 1.82) is 0 Å². The maximum absolute atomic E-state index is 6.16. The largest absolute Gasteiger partial charge is 0.378 e. The zero-order valence-corrected chi connectivity index (χ0v) is 15.2. The molecule has 0 N–H and O–H groups in total. The van der Waals surface area contributed by atoms with E-state index in [9.17, 15) is 0 Å². The lowest BCUT2D eigenvalue weighted by molar-refractivity contribution is 0.122. The van der Waals surface area contributed by atoms with Gasteiger partial charge < -0.3 is 9.64 Å². The van der Waals surface area contributed by atoms with Gasteiger partial charge in [-0.3, -0.25) is 4.90 Å². The van der Waals surface area contributed by atoms with E-state index in [1.165, 1.54) is 29.5 Å². The molecule has 2 aromatic rings. The van der Waals surface area contributed by atoms with Gasteiger partial charge in [0, 0.05) is 49.1 Å². The first-order valence-electron chi connectivity index (χ1n) is 7.88. The van der Waals surface area contributed by atoms with Crippen LogP contribution in [0.15, 0.2) is 6.07 Å². The van der Waals surface area contributed by atoms with E-state index in [0.717, 1.165) is 48.9 Å². The molecule has 2 fully saturated rings. The summed E-state index contributed by atoms with van der Waals surface area (Å²) in [7, 11) is 0. The van der Waals surface area contributed by atoms with Crippen LogP contribution in [-0.4, -0.2) is 65.8 Å². The van der Waals surface area contributed by atoms with E-state index in [1.54, 1.807) is 11.3 Å². The number of hydrogen-bond acceptors (Lipinski definition) is 7. The molecule has 0 radical (unpaired) electrons. The minimum atomic E-state index is 0.331. The van der Waals surface area contributed by atoms with Crippen LogP contribution in [0.1, 0.15) is 4.88 Å². The first-order chi connectivity index (χ1) is 11.3. The molecule has 124 valence electrons. The average Bonchev–Trinajstić information content (AvgIpc) is 2.98. The third kappa shape index (κ3) is 3.58. The number of rotatable bonds is 3. The smallest absolute Gasteiger partial charge is 0.224 e. The van der Waals surface area contributed by atoms with Gasteiger partial charge in [0.15, 0.2) is 5.82 Å². The molecule has 23 heavy (non-hydrogen) atoms. The first kappa shape index (κ1) is 15.9. The summed E-state index contributed by atoms with van der Waals surface area (Å²) < 4.78 is 6.60. The van der Waals surface area contributed by atoms with Gasteiger partial charge in [0.05, 0.1) is 23.4 Å². The van der Waals surface area contributed by atoms with Crippen molar-refractivity contribution in [3.63, 3.8) is 0 Å². The van der Waals surface area contributed by atoms with E-state index in [1.807, 2.05) is 11.8 Å².